The summed E-state index contributed by atoms with van der Waals surface area (Å²) in [6.07, 6.45) is -0.116. The molecule has 0 unspecified atom stereocenters. The van der Waals surface area contributed by atoms with E-state index in [1.165, 1.54) is 24.3 Å². The molecule has 0 bridgehead atoms. The van der Waals surface area contributed by atoms with Crippen molar-refractivity contribution in [2.24, 2.45) is 0 Å². The minimum atomic E-state index is -4.09. The number of hydrogen-bond donors (Lipinski definition) is 0. The van der Waals surface area contributed by atoms with Gasteiger partial charge in [-0.1, -0.05) is 66.7 Å². The zero-order valence-electron chi connectivity index (χ0n) is 13.9. The zero-order chi connectivity index (χ0) is 18.6. The van der Waals surface area contributed by atoms with Gasteiger partial charge in [0.15, 0.2) is 24.3 Å². The van der Waals surface area contributed by atoms with Crippen LogP contribution in [0.15, 0.2) is 101 Å². The largest absolute Gasteiger partial charge is 0.222 e. The molecule has 0 aromatic heterocycles. The van der Waals surface area contributed by atoms with Crippen LogP contribution in [0.4, 0.5) is 0 Å². The van der Waals surface area contributed by atoms with Gasteiger partial charge in [0, 0.05) is 6.42 Å². The Morgan fingerprint density at radius 3 is 1.27 bits per heavy atom. The molecule has 6 heteroatoms. The van der Waals surface area contributed by atoms with Crippen LogP contribution in [0.5, 0.6) is 0 Å². The maximum Gasteiger partial charge on any atom is 0.196 e. The van der Waals surface area contributed by atoms with Gasteiger partial charge in [0.1, 0.15) is 0 Å². The van der Waals surface area contributed by atoms with Gasteiger partial charge in [-0.25, -0.2) is 16.8 Å². The first kappa shape index (κ1) is 18.4. The van der Waals surface area contributed by atoms with Crippen LogP contribution < -0.4 is 0 Å². The fraction of sp³-hybridized carbons (Fsp3) is 0.100. The van der Waals surface area contributed by atoms with Gasteiger partial charge in [0.2, 0.25) is 0 Å². The van der Waals surface area contributed by atoms with Gasteiger partial charge in [-0.3, -0.25) is 0 Å². The van der Waals surface area contributed by atoms with E-state index in [4.69, 9.17) is 0 Å². The second-order valence-electron chi connectivity index (χ2n) is 5.84. The van der Waals surface area contributed by atoms with Crippen LogP contribution in [0.1, 0.15) is 5.56 Å². The number of rotatable bonds is 6. The second-order valence-corrected chi connectivity index (χ2v) is 10.4. The van der Waals surface area contributed by atoms with E-state index < -0.39 is 24.3 Å². The highest BCUT2D eigenvalue weighted by Gasteiger charge is 2.39. The van der Waals surface area contributed by atoms with Crippen molar-refractivity contribution >= 4 is 19.7 Å². The van der Waals surface area contributed by atoms with Crippen LogP contribution in [-0.2, 0) is 26.1 Å². The fourth-order valence-corrected chi connectivity index (χ4v) is 7.22. The normalized spacial score (nSPS) is 12.2. The lowest BCUT2D eigenvalue weighted by molar-refractivity contribution is 0.573. The van der Waals surface area contributed by atoms with E-state index >= 15 is 0 Å². The van der Waals surface area contributed by atoms with E-state index in [-0.39, 0.29) is 16.2 Å². The van der Waals surface area contributed by atoms with Crippen LogP contribution in [0, 0.1) is 0 Å². The van der Waals surface area contributed by atoms with Crippen molar-refractivity contribution in [2.45, 2.75) is 20.8 Å². The predicted molar refractivity (Wildman–Crippen MR) is 101 cm³/mol. The topological polar surface area (TPSA) is 68.3 Å². The molecule has 3 rings (SSSR count). The minimum absolute atomic E-state index is 0.000405. The smallest absolute Gasteiger partial charge is 0.196 e. The molecule has 4 nitrogen and oxygen atoms in total. The molecule has 0 saturated heterocycles. The van der Waals surface area contributed by atoms with Crippen molar-refractivity contribution in [3.05, 3.63) is 96.6 Å². The van der Waals surface area contributed by atoms with Gasteiger partial charge in [0.05, 0.1) is 9.79 Å². The molecule has 0 aliphatic heterocycles. The highest BCUT2D eigenvalue weighted by atomic mass is 32.3. The van der Waals surface area contributed by atoms with E-state index in [0.717, 1.165) is 0 Å². The fourth-order valence-electron chi connectivity index (χ4n) is 2.72. The van der Waals surface area contributed by atoms with Gasteiger partial charge < -0.3 is 0 Å². The molecule has 0 heterocycles. The van der Waals surface area contributed by atoms with E-state index in [1.54, 1.807) is 66.7 Å². The highest BCUT2D eigenvalue weighted by molar-refractivity contribution is 8.09. The standard InChI is InChI=1S/C20H18O4S2/c21-25(22,18-12-6-2-7-13-18)20(16-17-10-4-1-5-11-17)26(23,24)19-14-8-3-9-15-19/h1-15,20H,16H2. The summed E-state index contributed by atoms with van der Waals surface area (Å²) in [6.45, 7) is 0. The molecule has 0 saturated carbocycles. The Morgan fingerprint density at radius 2 is 0.885 bits per heavy atom. The average Bonchev–Trinajstić information content (AvgIpc) is 2.68. The monoisotopic (exact) mass is 386 g/mol. The molecule has 0 aliphatic carbocycles. The number of sulfone groups is 2. The second kappa shape index (κ2) is 7.43. The Bertz CT molecular complexity index is 991. The van der Waals surface area contributed by atoms with E-state index in [9.17, 15) is 16.8 Å². The van der Waals surface area contributed by atoms with Crippen LogP contribution in [0.3, 0.4) is 0 Å². The highest BCUT2D eigenvalue weighted by Crippen LogP contribution is 2.28. The summed E-state index contributed by atoms with van der Waals surface area (Å²) in [5.41, 5.74) is 0.650. The van der Waals surface area contributed by atoms with E-state index in [0.29, 0.717) is 5.56 Å². The minimum Gasteiger partial charge on any atom is -0.222 e. The molecule has 26 heavy (non-hydrogen) atoms. The third-order valence-electron chi connectivity index (χ3n) is 4.08. The molecule has 0 fully saturated rings. The molecule has 0 atom stereocenters. The third-order valence-corrected chi connectivity index (χ3v) is 9.18. The van der Waals surface area contributed by atoms with Crippen molar-refractivity contribution in [1.29, 1.82) is 0 Å². The van der Waals surface area contributed by atoms with Crippen molar-refractivity contribution in [1.82, 2.24) is 0 Å². The average molecular weight is 386 g/mol. The number of hydrogen-bond acceptors (Lipinski definition) is 4. The number of benzene rings is 3. The molecular weight excluding hydrogens is 368 g/mol. The Kier molecular flexibility index (Phi) is 5.25. The maximum atomic E-state index is 13.2. The summed E-state index contributed by atoms with van der Waals surface area (Å²) < 4.78 is 51.1. The summed E-state index contributed by atoms with van der Waals surface area (Å²) in [5.74, 6) is 0. The van der Waals surface area contributed by atoms with Crippen LogP contribution in [0.25, 0.3) is 0 Å². The predicted octanol–water partition coefficient (Wildman–Crippen LogP) is 3.50. The van der Waals surface area contributed by atoms with Gasteiger partial charge in [-0.05, 0) is 29.8 Å². The molecule has 3 aromatic carbocycles. The Hall–Kier alpha value is -2.44. The first-order valence-corrected chi connectivity index (χ1v) is 11.1. The zero-order valence-corrected chi connectivity index (χ0v) is 15.5. The summed E-state index contributed by atoms with van der Waals surface area (Å²) >= 11 is 0. The van der Waals surface area contributed by atoms with Crippen LogP contribution in [0.2, 0.25) is 0 Å². The molecule has 0 aliphatic rings. The Labute approximate surface area is 154 Å². The lowest BCUT2D eigenvalue weighted by Gasteiger charge is -2.19. The third kappa shape index (κ3) is 3.71. The Balaban J connectivity index is 2.14. The summed E-state index contributed by atoms with van der Waals surface area (Å²) in [4.78, 5) is 0.000810. The lowest BCUT2D eigenvalue weighted by atomic mass is 10.2. The van der Waals surface area contributed by atoms with Crippen molar-refractivity contribution < 1.29 is 16.8 Å². The van der Waals surface area contributed by atoms with Gasteiger partial charge in [-0.15, -0.1) is 0 Å². The first-order chi connectivity index (χ1) is 12.4. The van der Waals surface area contributed by atoms with Gasteiger partial charge in [-0.2, -0.15) is 0 Å². The van der Waals surface area contributed by atoms with Crippen molar-refractivity contribution in [3.8, 4) is 0 Å². The molecule has 0 radical (unpaired) electrons. The van der Waals surface area contributed by atoms with E-state index in [2.05, 4.69) is 0 Å². The summed E-state index contributed by atoms with van der Waals surface area (Å²) in [7, 11) is -8.19. The van der Waals surface area contributed by atoms with Crippen LogP contribution >= 0.6 is 0 Å². The first-order valence-electron chi connectivity index (χ1n) is 8.04. The summed E-state index contributed by atoms with van der Waals surface area (Å²) in [6, 6.07) is 24.2. The molecule has 134 valence electrons. The lowest BCUT2D eigenvalue weighted by Crippen LogP contribution is -2.33. The molecule has 0 N–H and O–H groups in total. The van der Waals surface area contributed by atoms with Gasteiger partial charge in [0.25, 0.3) is 0 Å². The van der Waals surface area contributed by atoms with E-state index in [1.807, 2.05) is 0 Å². The molecule has 0 spiro atoms. The SMILES string of the molecule is O=S(=O)(c1ccccc1)C(Cc1ccccc1)S(=O)(=O)c1ccccc1. The van der Waals surface area contributed by atoms with Crippen LogP contribution in [-0.4, -0.2) is 21.4 Å². The van der Waals surface area contributed by atoms with Crippen molar-refractivity contribution in [2.75, 3.05) is 0 Å². The molecular formula is C20H18O4S2. The molecule has 3 aromatic rings. The van der Waals surface area contributed by atoms with Gasteiger partial charge >= 0.3 is 0 Å². The Morgan fingerprint density at radius 1 is 0.538 bits per heavy atom. The summed E-state index contributed by atoms with van der Waals surface area (Å²) in [5, 5.41) is 0. The van der Waals surface area contributed by atoms with Crippen molar-refractivity contribution in [3.63, 3.8) is 0 Å². The maximum absolute atomic E-state index is 13.2. The quantitative estimate of drug-likeness (QED) is 0.650. The molecule has 0 amide bonds.